The molecule has 1 saturated carbocycles. The average molecular weight is 357 g/mol. The van der Waals surface area contributed by atoms with E-state index >= 15 is 0 Å². The molecule has 0 spiro atoms. The smallest absolute Gasteiger partial charge is 0.309 e. The highest BCUT2D eigenvalue weighted by molar-refractivity contribution is 5.73. The first kappa shape index (κ1) is 19.5. The van der Waals surface area contributed by atoms with Crippen molar-refractivity contribution in [2.45, 2.75) is 90.6 Å². The molecule has 1 aromatic rings. The Morgan fingerprint density at radius 2 is 1.69 bits per heavy atom. The van der Waals surface area contributed by atoms with Crippen molar-refractivity contribution in [3.63, 3.8) is 0 Å². The molecule has 3 rings (SSSR count). The van der Waals surface area contributed by atoms with Gasteiger partial charge in [0.05, 0.1) is 5.92 Å². The molecule has 1 saturated heterocycles. The summed E-state index contributed by atoms with van der Waals surface area (Å²) >= 11 is 0. The Morgan fingerprint density at radius 3 is 2.27 bits per heavy atom. The molecule has 1 aliphatic heterocycles. The molecule has 0 bridgehead atoms. The van der Waals surface area contributed by atoms with E-state index in [4.69, 9.17) is 4.74 Å². The number of ether oxygens (including phenoxy) is 1. The minimum Gasteiger partial charge on any atom is -0.462 e. The first-order chi connectivity index (χ1) is 12.6. The van der Waals surface area contributed by atoms with Crippen LogP contribution in [0, 0.1) is 17.8 Å². The molecule has 1 heterocycles. The lowest BCUT2D eigenvalue weighted by atomic mass is 9.69. The van der Waals surface area contributed by atoms with Crippen molar-refractivity contribution in [3.8, 4) is 0 Å². The van der Waals surface area contributed by atoms with Crippen molar-refractivity contribution < 1.29 is 9.53 Å². The van der Waals surface area contributed by atoms with Gasteiger partial charge in [-0.1, -0.05) is 51.5 Å². The van der Waals surface area contributed by atoms with Gasteiger partial charge in [0.15, 0.2) is 0 Å². The van der Waals surface area contributed by atoms with E-state index in [2.05, 4.69) is 45.0 Å². The van der Waals surface area contributed by atoms with Crippen LogP contribution < -0.4 is 0 Å². The van der Waals surface area contributed by atoms with Gasteiger partial charge in [-0.05, 0) is 80.2 Å². The zero-order valence-corrected chi connectivity index (χ0v) is 16.9. The van der Waals surface area contributed by atoms with E-state index in [-0.39, 0.29) is 18.0 Å². The van der Waals surface area contributed by atoms with Gasteiger partial charge in [0.2, 0.25) is 0 Å². The molecule has 2 aliphatic rings. The zero-order chi connectivity index (χ0) is 18.5. The summed E-state index contributed by atoms with van der Waals surface area (Å²) in [7, 11) is 0. The highest BCUT2D eigenvalue weighted by Crippen LogP contribution is 2.42. The summed E-state index contributed by atoms with van der Waals surface area (Å²) < 4.78 is 5.64. The topological polar surface area (TPSA) is 26.3 Å². The predicted molar refractivity (Wildman–Crippen MR) is 107 cm³/mol. The maximum Gasteiger partial charge on any atom is 0.309 e. The van der Waals surface area contributed by atoms with Crippen LogP contribution in [0.2, 0.25) is 0 Å². The average Bonchev–Trinajstić information content (AvgIpc) is 2.68. The summed E-state index contributed by atoms with van der Waals surface area (Å²) in [6.07, 6.45) is 10.5. The van der Waals surface area contributed by atoms with Crippen molar-refractivity contribution in [2.24, 2.45) is 17.8 Å². The van der Waals surface area contributed by atoms with Crippen molar-refractivity contribution in [2.75, 3.05) is 0 Å². The van der Waals surface area contributed by atoms with Crippen molar-refractivity contribution in [3.05, 3.63) is 35.4 Å². The molecule has 1 aromatic carbocycles. The Bertz CT molecular complexity index is 568. The highest BCUT2D eigenvalue weighted by Gasteiger charge is 2.37. The lowest BCUT2D eigenvalue weighted by molar-refractivity contribution is -0.163. The lowest BCUT2D eigenvalue weighted by Gasteiger charge is -2.38. The predicted octanol–water partition coefficient (Wildman–Crippen LogP) is 6.28. The second-order valence-electron chi connectivity index (χ2n) is 8.61. The van der Waals surface area contributed by atoms with E-state index in [1.165, 1.54) is 49.7 Å². The Labute approximate surface area is 159 Å². The fourth-order valence-corrected chi connectivity index (χ4v) is 5.11. The van der Waals surface area contributed by atoms with Gasteiger partial charge in [-0.25, -0.2) is 0 Å². The number of esters is 1. The van der Waals surface area contributed by atoms with Crippen molar-refractivity contribution in [1.82, 2.24) is 0 Å². The minimum atomic E-state index is 0.0890. The third-order valence-electron chi connectivity index (χ3n) is 6.98. The third kappa shape index (κ3) is 4.50. The SMILES string of the molecule is CCCc1ccc(C(C)C2CCC(C3CCC(CC)OC3=O)CC2)cc1. The van der Waals surface area contributed by atoms with Gasteiger partial charge in [-0.3, -0.25) is 4.79 Å². The van der Waals surface area contributed by atoms with Gasteiger partial charge in [0.25, 0.3) is 0 Å². The lowest BCUT2D eigenvalue weighted by Crippen LogP contribution is -2.36. The second kappa shape index (κ2) is 9.06. The summed E-state index contributed by atoms with van der Waals surface area (Å²) in [5.41, 5.74) is 2.93. The molecule has 1 aliphatic carbocycles. The van der Waals surface area contributed by atoms with Gasteiger partial charge in [-0.15, -0.1) is 0 Å². The molecule has 0 radical (unpaired) electrons. The Hall–Kier alpha value is -1.31. The summed E-state index contributed by atoms with van der Waals surface area (Å²) in [5, 5.41) is 0. The maximum atomic E-state index is 12.4. The highest BCUT2D eigenvalue weighted by atomic mass is 16.5. The fourth-order valence-electron chi connectivity index (χ4n) is 5.11. The molecule has 2 heteroatoms. The molecule has 2 nitrogen and oxygen atoms in total. The molecule has 3 atom stereocenters. The second-order valence-corrected chi connectivity index (χ2v) is 8.61. The molecule has 2 fully saturated rings. The number of benzene rings is 1. The molecule has 26 heavy (non-hydrogen) atoms. The van der Waals surface area contributed by atoms with Crippen LogP contribution in [0.3, 0.4) is 0 Å². The first-order valence-electron chi connectivity index (χ1n) is 10.9. The number of hydrogen-bond acceptors (Lipinski definition) is 2. The van der Waals surface area contributed by atoms with Gasteiger partial charge in [-0.2, -0.15) is 0 Å². The van der Waals surface area contributed by atoms with Gasteiger partial charge in [0.1, 0.15) is 6.10 Å². The van der Waals surface area contributed by atoms with E-state index in [0.29, 0.717) is 11.8 Å². The van der Waals surface area contributed by atoms with Crippen LogP contribution in [-0.4, -0.2) is 12.1 Å². The standard InChI is InChI=1S/C24H36O2/c1-4-6-18-7-9-19(10-8-18)17(3)20-11-13-21(14-12-20)23-16-15-22(5-2)26-24(23)25/h7-10,17,20-23H,4-6,11-16H2,1-3H3. The van der Waals surface area contributed by atoms with Gasteiger partial charge < -0.3 is 4.74 Å². The molecule has 3 unspecified atom stereocenters. The van der Waals surface area contributed by atoms with Gasteiger partial charge in [0, 0.05) is 0 Å². The molecule has 0 amide bonds. The van der Waals surface area contributed by atoms with E-state index < -0.39 is 0 Å². The van der Waals surface area contributed by atoms with Crippen LogP contribution in [0.4, 0.5) is 0 Å². The molecule has 144 valence electrons. The number of rotatable bonds is 6. The first-order valence-corrected chi connectivity index (χ1v) is 10.9. The number of carbonyl (C=O) groups is 1. The molecule has 0 N–H and O–H groups in total. The Balaban J connectivity index is 1.52. The maximum absolute atomic E-state index is 12.4. The van der Waals surface area contributed by atoms with Crippen molar-refractivity contribution >= 4 is 5.97 Å². The van der Waals surface area contributed by atoms with E-state index in [1.807, 2.05) is 0 Å². The third-order valence-corrected chi connectivity index (χ3v) is 6.98. The summed E-state index contributed by atoms with van der Waals surface area (Å²) in [6, 6.07) is 9.29. The molecular formula is C24H36O2. The number of carbonyl (C=O) groups excluding carboxylic acids is 1. The zero-order valence-electron chi connectivity index (χ0n) is 16.9. The number of cyclic esters (lactones) is 1. The minimum absolute atomic E-state index is 0.0890. The van der Waals surface area contributed by atoms with Crippen molar-refractivity contribution in [1.29, 1.82) is 0 Å². The monoisotopic (exact) mass is 356 g/mol. The fraction of sp³-hybridized carbons (Fsp3) is 0.708. The summed E-state index contributed by atoms with van der Waals surface area (Å²) in [5.74, 6) is 2.19. The normalized spacial score (nSPS) is 30.7. The van der Waals surface area contributed by atoms with Crippen LogP contribution in [0.25, 0.3) is 0 Å². The van der Waals surface area contributed by atoms with Crippen LogP contribution in [-0.2, 0) is 16.0 Å². The number of hydrogen-bond donors (Lipinski definition) is 0. The van der Waals surface area contributed by atoms with Gasteiger partial charge >= 0.3 is 5.97 Å². The van der Waals surface area contributed by atoms with E-state index in [0.717, 1.165) is 25.2 Å². The Morgan fingerprint density at radius 1 is 1.00 bits per heavy atom. The summed E-state index contributed by atoms with van der Waals surface area (Å²) in [6.45, 7) is 6.74. The van der Waals surface area contributed by atoms with Crippen LogP contribution in [0.1, 0.15) is 89.2 Å². The van der Waals surface area contributed by atoms with Crippen LogP contribution in [0.5, 0.6) is 0 Å². The van der Waals surface area contributed by atoms with Crippen LogP contribution in [0.15, 0.2) is 24.3 Å². The largest absolute Gasteiger partial charge is 0.462 e. The van der Waals surface area contributed by atoms with E-state index in [9.17, 15) is 4.79 Å². The summed E-state index contributed by atoms with van der Waals surface area (Å²) in [4.78, 5) is 12.4. The van der Waals surface area contributed by atoms with E-state index in [1.54, 1.807) is 0 Å². The number of aryl methyl sites for hydroxylation is 1. The quantitative estimate of drug-likeness (QED) is 0.561. The Kier molecular flexibility index (Phi) is 6.78. The molecular weight excluding hydrogens is 320 g/mol. The van der Waals surface area contributed by atoms with Crippen LogP contribution >= 0.6 is 0 Å². The molecule has 0 aromatic heterocycles.